The molecule has 8 heteroatoms. The summed E-state index contributed by atoms with van der Waals surface area (Å²) >= 11 is 0. The van der Waals surface area contributed by atoms with Crippen molar-refractivity contribution in [3.8, 4) is 22.4 Å². The first-order valence-corrected chi connectivity index (χ1v) is 9.36. The summed E-state index contributed by atoms with van der Waals surface area (Å²) in [6, 6.07) is 12.4. The minimum absolute atomic E-state index is 0. The molecule has 0 N–H and O–H groups in total. The maximum atomic E-state index is 14.3. The number of nitrogens with zero attached hydrogens (tertiary/aromatic N) is 2. The average molecular weight is 608 g/mol. The Balaban J connectivity index is 0.00000272. The zero-order chi connectivity index (χ0) is 21.6. The minimum atomic E-state index is -2.19. The van der Waals surface area contributed by atoms with Gasteiger partial charge in [-0.2, -0.15) is 0 Å². The number of hydrogen-bond acceptors (Lipinski definition) is 1. The number of pyridine rings is 1. The number of hydrogen-bond donors (Lipinski definition) is 0. The van der Waals surface area contributed by atoms with Crippen LogP contribution in [0.5, 0.6) is 0 Å². The molecule has 0 fully saturated rings. The van der Waals surface area contributed by atoms with Gasteiger partial charge in [-0.05, 0) is 18.6 Å². The zero-order valence-electron chi connectivity index (χ0n) is 16.4. The monoisotopic (exact) mass is 608 g/mol. The van der Waals surface area contributed by atoms with Crippen molar-refractivity contribution in [2.24, 2.45) is 0 Å². The largest absolute Gasteiger partial charge is 0.312 e. The summed E-state index contributed by atoms with van der Waals surface area (Å²) in [5, 5.41) is 0. The molecule has 4 rings (SSSR count). The van der Waals surface area contributed by atoms with Crippen LogP contribution < -0.4 is 0 Å². The van der Waals surface area contributed by atoms with E-state index in [0.717, 1.165) is 17.8 Å². The van der Waals surface area contributed by atoms with Gasteiger partial charge in [0.25, 0.3) is 0 Å². The number of fused-ring (bicyclic) bond motifs is 1. The van der Waals surface area contributed by atoms with Crippen LogP contribution in [0.4, 0.5) is 22.0 Å². The Morgan fingerprint density at radius 2 is 1.61 bits per heavy atom. The van der Waals surface area contributed by atoms with E-state index in [-0.39, 0.29) is 31.6 Å². The molecule has 0 aliphatic heterocycles. The SMILES string of the molecule is CCC(C)c1nc(-c2[c-]ccc(-c3c(F)c(F)c(F)c(F)c3F)c2)c2ccccn12.[Ir]. The second-order valence-electron chi connectivity index (χ2n) is 7.02. The Morgan fingerprint density at radius 1 is 0.968 bits per heavy atom. The molecule has 2 aromatic carbocycles. The summed E-state index contributed by atoms with van der Waals surface area (Å²) in [5.74, 6) is -8.95. The second kappa shape index (κ2) is 8.89. The molecule has 1 radical (unpaired) electrons. The Hall–Kier alpha value is -2.57. The first kappa shape index (κ1) is 23.1. The first-order chi connectivity index (χ1) is 14.3. The van der Waals surface area contributed by atoms with Crippen LogP contribution in [-0.2, 0) is 20.1 Å². The normalized spacial score (nSPS) is 12.1. The van der Waals surface area contributed by atoms with E-state index in [0.29, 0.717) is 11.3 Å². The van der Waals surface area contributed by atoms with Crippen LogP contribution in [0.25, 0.3) is 27.9 Å². The van der Waals surface area contributed by atoms with E-state index in [9.17, 15) is 22.0 Å². The van der Waals surface area contributed by atoms with Gasteiger partial charge in [-0.1, -0.05) is 25.5 Å². The topological polar surface area (TPSA) is 17.3 Å². The van der Waals surface area contributed by atoms with Crippen LogP contribution in [0.15, 0.2) is 42.6 Å². The predicted octanol–water partition coefficient (Wildman–Crippen LogP) is 6.67. The van der Waals surface area contributed by atoms with E-state index in [1.54, 1.807) is 0 Å². The zero-order valence-corrected chi connectivity index (χ0v) is 18.8. The quantitative estimate of drug-likeness (QED) is 0.110. The van der Waals surface area contributed by atoms with Gasteiger partial charge in [0.05, 0.1) is 0 Å². The maximum absolute atomic E-state index is 14.3. The van der Waals surface area contributed by atoms with Gasteiger partial charge in [0.15, 0.2) is 23.3 Å². The molecule has 0 amide bonds. The Labute approximate surface area is 189 Å². The minimum Gasteiger partial charge on any atom is -0.312 e. The van der Waals surface area contributed by atoms with Crippen molar-refractivity contribution in [2.45, 2.75) is 26.2 Å². The van der Waals surface area contributed by atoms with E-state index in [2.05, 4.69) is 6.07 Å². The van der Waals surface area contributed by atoms with Gasteiger partial charge >= 0.3 is 0 Å². The average Bonchev–Trinajstić information content (AvgIpc) is 3.16. The summed E-state index contributed by atoms with van der Waals surface area (Å²) in [6.07, 6.45) is 2.71. The maximum Gasteiger partial charge on any atom is 0.200 e. The standard InChI is InChI=1S/C23H16F5N2.Ir/c1-3-12(2)23-29-22(15-9-4-5-10-30(15)23)14-8-6-7-13(11-14)16-17(24)19(26)21(28)20(27)18(16)25;/h4-7,9-12H,3H2,1-2H3;/q-1;. The van der Waals surface area contributed by atoms with Crippen LogP contribution in [0.2, 0.25) is 0 Å². The molecule has 0 saturated carbocycles. The molecular weight excluding hydrogens is 591 g/mol. The molecule has 0 bridgehead atoms. The third kappa shape index (κ3) is 3.79. The first-order valence-electron chi connectivity index (χ1n) is 9.36. The van der Waals surface area contributed by atoms with E-state index in [1.807, 2.05) is 42.6 Å². The summed E-state index contributed by atoms with van der Waals surface area (Å²) < 4.78 is 71.2. The Kier molecular flexibility index (Phi) is 6.62. The molecule has 0 aliphatic carbocycles. The fourth-order valence-electron chi connectivity index (χ4n) is 3.41. The van der Waals surface area contributed by atoms with Gasteiger partial charge in [-0.15, -0.1) is 29.8 Å². The van der Waals surface area contributed by atoms with Crippen molar-refractivity contribution < 1.29 is 42.1 Å². The van der Waals surface area contributed by atoms with Crippen molar-refractivity contribution in [3.05, 3.63) is 83.6 Å². The molecule has 2 aromatic heterocycles. The number of aromatic nitrogens is 2. The van der Waals surface area contributed by atoms with Crippen LogP contribution in [0.3, 0.4) is 0 Å². The molecule has 2 heterocycles. The van der Waals surface area contributed by atoms with Gasteiger partial charge < -0.3 is 4.40 Å². The summed E-state index contributed by atoms with van der Waals surface area (Å²) in [7, 11) is 0. The van der Waals surface area contributed by atoms with Crippen molar-refractivity contribution in [3.63, 3.8) is 0 Å². The van der Waals surface area contributed by atoms with Gasteiger partial charge in [0, 0.05) is 49.0 Å². The molecule has 0 saturated heterocycles. The van der Waals surface area contributed by atoms with Crippen molar-refractivity contribution >= 4 is 5.52 Å². The fourth-order valence-corrected chi connectivity index (χ4v) is 3.41. The van der Waals surface area contributed by atoms with E-state index < -0.39 is 34.6 Å². The third-order valence-corrected chi connectivity index (χ3v) is 5.18. The van der Waals surface area contributed by atoms with Crippen LogP contribution >= 0.6 is 0 Å². The molecule has 2 nitrogen and oxygen atoms in total. The van der Waals surface area contributed by atoms with Gasteiger partial charge in [-0.25, -0.2) is 22.0 Å². The number of benzene rings is 2. The van der Waals surface area contributed by atoms with Gasteiger partial charge in [0.1, 0.15) is 5.82 Å². The van der Waals surface area contributed by atoms with Gasteiger partial charge in [0.2, 0.25) is 5.82 Å². The number of rotatable bonds is 4. The van der Waals surface area contributed by atoms with E-state index in [4.69, 9.17) is 4.98 Å². The van der Waals surface area contributed by atoms with Crippen molar-refractivity contribution in [2.75, 3.05) is 0 Å². The number of imidazole rings is 1. The smallest absolute Gasteiger partial charge is 0.200 e. The van der Waals surface area contributed by atoms with Crippen LogP contribution in [0.1, 0.15) is 32.0 Å². The summed E-state index contributed by atoms with van der Waals surface area (Å²) in [6.45, 7) is 4.06. The molecule has 0 spiro atoms. The molecule has 31 heavy (non-hydrogen) atoms. The Morgan fingerprint density at radius 3 is 2.26 bits per heavy atom. The fraction of sp³-hybridized carbons (Fsp3) is 0.174. The molecule has 0 aliphatic rings. The van der Waals surface area contributed by atoms with E-state index in [1.165, 1.54) is 18.2 Å². The number of halogens is 5. The Bertz CT molecular complexity index is 1240. The molecular formula is C23H16F5IrN2-. The second-order valence-corrected chi connectivity index (χ2v) is 7.02. The molecule has 1 atom stereocenters. The molecule has 163 valence electrons. The van der Waals surface area contributed by atoms with Crippen LogP contribution in [-0.4, -0.2) is 9.38 Å². The molecule has 4 aromatic rings. The predicted molar refractivity (Wildman–Crippen MR) is 103 cm³/mol. The van der Waals surface area contributed by atoms with Crippen LogP contribution in [0, 0.1) is 35.2 Å². The van der Waals surface area contributed by atoms with Crippen molar-refractivity contribution in [1.82, 2.24) is 9.38 Å². The summed E-state index contributed by atoms with van der Waals surface area (Å²) in [4.78, 5) is 4.70. The third-order valence-electron chi connectivity index (χ3n) is 5.18. The van der Waals surface area contributed by atoms with Gasteiger partial charge in [-0.3, -0.25) is 4.98 Å². The van der Waals surface area contributed by atoms with Crippen molar-refractivity contribution in [1.29, 1.82) is 0 Å². The molecule has 1 unspecified atom stereocenters. The van der Waals surface area contributed by atoms with E-state index >= 15 is 0 Å². The summed E-state index contributed by atoms with van der Waals surface area (Å²) in [5.41, 5.74) is 0.510.